The predicted octanol–water partition coefficient (Wildman–Crippen LogP) is 8.45. The molecule has 0 amide bonds. The molecule has 3 heteroatoms. The summed E-state index contributed by atoms with van der Waals surface area (Å²) >= 11 is 0. The molecule has 0 radical (unpaired) electrons. The van der Waals surface area contributed by atoms with Crippen LogP contribution in [0.25, 0.3) is 5.57 Å². The molecule has 2 N–H and O–H groups in total. The summed E-state index contributed by atoms with van der Waals surface area (Å²) in [5.74, 6) is 3.04. The Balaban J connectivity index is 1.34. The van der Waals surface area contributed by atoms with Crippen molar-refractivity contribution < 1.29 is 9.53 Å². The molecule has 3 nitrogen and oxygen atoms in total. The van der Waals surface area contributed by atoms with Crippen LogP contribution < -0.4 is 5.73 Å². The van der Waals surface area contributed by atoms with E-state index in [-0.39, 0.29) is 16.9 Å². The number of nitrogens with two attached hydrogens (primary N) is 1. The summed E-state index contributed by atoms with van der Waals surface area (Å²) in [6.07, 6.45) is 16.2. The van der Waals surface area contributed by atoms with Gasteiger partial charge in [0.1, 0.15) is 0 Å². The zero-order valence-corrected chi connectivity index (χ0v) is 25.3. The Hall–Kier alpha value is -1.87. The highest BCUT2D eigenvalue weighted by Gasteiger charge is 2.69. The van der Waals surface area contributed by atoms with Crippen molar-refractivity contribution in [2.24, 2.45) is 57.0 Å². The van der Waals surface area contributed by atoms with Gasteiger partial charge in [-0.15, -0.1) is 6.58 Å². The minimum Gasteiger partial charge on any atom is -0.465 e. The fourth-order valence-electron chi connectivity index (χ4n) is 12.0. The van der Waals surface area contributed by atoms with Crippen molar-refractivity contribution in [1.29, 1.82) is 0 Å². The Morgan fingerprint density at radius 2 is 1.64 bits per heavy atom. The summed E-state index contributed by atoms with van der Waals surface area (Å²) < 4.78 is 4.93. The maximum absolute atomic E-state index is 12.0. The van der Waals surface area contributed by atoms with E-state index in [1.54, 1.807) is 0 Å². The van der Waals surface area contributed by atoms with Gasteiger partial charge in [0.25, 0.3) is 0 Å². The molecule has 0 spiro atoms. The van der Waals surface area contributed by atoms with E-state index in [0.29, 0.717) is 39.6 Å². The normalized spacial score (nSPS) is 46.1. The molecule has 0 bridgehead atoms. The maximum Gasteiger partial charge on any atom is 0.337 e. The van der Waals surface area contributed by atoms with Gasteiger partial charge in [-0.2, -0.15) is 0 Å². The van der Waals surface area contributed by atoms with E-state index in [1.807, 2.05) is 12.1 Å². The minimum absolute atomic E-state index is 0.0290. The molecule has 0 aliphatic heterocycles. The molecule has 0 saturated heterocycles. The Bertz CT molecular complexity index is 1200. The van der Waals surface area contributed by atoms with Crippen molar-refractivity contribution in [3.05, 3.63) is 54.1 Å². The molecule has 6 rings (SSSR count). The number of carbonyl (C=O) groups is 1. The number of rotatable bonds is 3. The second kappa shape index (κ2) is 8.81. The van der Waals surface area contributed by atoms with Gasteiger partial charge in [-0.05, 0) is 132 Å². The van der Waals surface area contributed by atoms with Crippen molar-refractivity contribution >= 4 is 11.5 Å². The number of esters is 1. The fourth-order valence-corrected chi connectivity index (χ4v) is 12.0. The van der Waals surface area contributed by atoms with Crippen LogP contribution in [-0.4, -0.2) is 18.6 Å². The zero-order chi connectivity index (χ0) is 28.0. The van der Waals surface area contributed by atoms with Crippen LogP contribution in [0.15, 0.2) is 43.0 Å². The number of fused-ring (bicyclic) bond motifs is 7. The van der Waals surface area contributed by atoms with Crippen molar-refractivity contribution in [2.45, 2.75) is 97.9 Å². The largest absolute Gasteiger partial charge is 0.465 e. The average Bonchev–Trinajstić information content (AvgIpc) is 3.25. The number of ether oxygens (including phenoxy) is 1. The Labute approximate surface area is 237 Å². The quantitative estimate of drug-likeness (QED) is 0.316. The fraction of sp³-hybridized carbons (Fsp3) is 0.694. The molecule has 0 aromatic heterocycles. The van der Waals surface area contributed by atoms with Crippen LogP contribution in [0.3, 0.4) is 0 Å². The zero-order valence-electron chi connectivity index (χ0n) is 25.3. The van der Waals surface area contributed by atoms with E-state index < -0.39 is 0 Å². The molecule has 1 aromatic rings. The number of allylic oxidation sites excluding steroid dienone is 3. The third-order valence-electron chi connectivity index (χ3n) is 14.0. The molecule has 9 unspecified atom stereocenters. The Kier molecular flexibility index (Phi) is 6.17. The first kappa shape index (κ1) is 27.3. The van der Waals surface area contributed by atoms with Crippen molar-refractivity contribution in [2.75, 3.05) is 7.11 Å². The predicted molar refractivity (Wildman–Crippen MR) is 160 cm³/mol. The SMILES string of the molecule is C=CC1CCC2(N)CCC3(C)C(CCC4C5(C)CC=C(c6ccc(C(=O)OC)cc6)C(C)(C)C5CCC43C)C12. The topological polar surface area (TPSA) is 52.3 Å². The lowest BCUT2D eigenvalue weighted by Gasteiger charge is -2.72. The van der Waals surface area contributed by atoms with E-state index in [1.165, 1.54) is 69.6 Å². The van der Waals surface area contributed by atoms with Crippen LogP contribution in [0.4, 0.5) is 0 Å². The lowest BCUT2D eigenvalue weighted by atomic mass is 9.33. The second-order valence-electron chi connectivity index (χ2n) is 15.5. The highest BCUT2D eigenvalue weighted by Crippen LogP contribution is 2.76. The first-order valence-corrected chi connectivity index (χ1v) is 15.7. The summed E-state index contributed by atoms with van der Waals surface area (Å²) in [6, 6.07) is 8.10. The number of hydrogen-bond donors (Lipinski definition) is 1. The number of benzene rings is 1. The first-order chi connectivity index (χ1) is 18.4. The van der Waals surface area contributed by atoms with E-state index in [0.717, 1.165) is 18.3 Å². The summed E-state index contributed by atoms with van der Waals surface area (Å²) in [5.41, 5.74) is 11.6. The molecule has 9 atom stereocenters. The first-order valence-electron chi connectivity index (χ1n) is 15.7. The van der Waals surface area contributed by atoms with Crippen molar-refractivity contribution in [1.82, 2.24) is 0 Å². The molecular formula is C36H51NO2. The van der Waals surface area contributed by atoms with Gasteiger partial charge in [0.15, 0.2) is 0 Å². The molecule has 4 fully saturated rings. The van der Waals surface area contributed by atoms with Gasteiger partial charge in [-0.25, -0.2) is 4.79 Å². The van der Waals surface area contributed by atoms with Gasteiger partial charge in [0.2, 0.25) is 0 Å². The summed E-state index contributed by atoms with van der Waals surface area (Å²) in [7, 11) is 1.44. The third-order valence-corrected chi connectivity index (χ3v) is 14.0. The lowest BCUT2D eigenvalue weighted by molar-refractivity contribution is -0.217. The van der Waals surface area contributed by atoms with Crippen LogP contribution in [0, 0.1) is 51.2 Å². The highest BCUT2D eigenvalue weighted by molar-refractivity contribution is 5.89. The Morgan fingerprint density at radius 3 is 2.31 bits per heavy atom. The lowest BCUT2D eigenvalue weighted by Crippen LogP contribution is -2.67. The van der Waals surface area contributed by atoms with E-state index in [9.17, 15) is 4.79 Å². The van der Waals surface area contributed by atoms with Crippen LogP contribution in [-0.2, 0) is 4.74 Å². The molecule has 39 heavy (non-hydrogen) atoms. The number of methoxy groups -OCH3 is 1. The van der Waals surface area contributed by atoms with Crippen LogP contribution in [0.1, 0.15) is 108 Å². The van der Waals surface area contributed by atoms with Gasteiger partial charge < -0.3 is 10.5 Å². The van der Waals surface area contributed by atoms with Crippen molar-refractivity contribution in [3.63, 3.8) is 0 Å². The number of hydrogen-bond acceptors (Lipinski definition) is 3. The standard InChI is InChI=1S/C36H51NO2/c1-8-23-15-20-36(37)22-21-34(5)27(30(23)36)13-14-29-33(4)18-16-26(24-9-11-25(12-10-24)31(38)39-7)32(2,3)28(33)17-19-35(29,34)6/h8-12,16,23,27-30H,1,13-15,17-22,37H2,2-7H3. The minimum atomic E-state index is -0.270. The Morgan fingerprint density at radius 1 is 0.923 bits per heavy atom. The van der Waals surface area contributed by atoms with E-state index in [2.05, 4.69) is 65.5 Å². The maximum atomic E-state index is 12.0. The molecule has 4 saturated carbocycles. The number of carbonyl (C=O) groups excluding carboxylic acids is 1. The summed E-state index contributed by atoms with van der Waals surface area (Å²) in [5, 5.41) is 0. The molecule has 212 valence electrons. The average molecular weight is 530 g/mol. The van der Waals surface area contributed by atoms with Crippen molar-refractivity contribution in [3.8, 4) is 0 Å². The molecule has 5 aliphatic rings. The summed E-state index contributed by atoms with van der Waals surface area (Å²) in [6.45, 7) is 17.3. The molecule has 0 heterocycles. The van der Waals surface area contributed by atoms with Gasteiger partial charge in [0.05, 0.1) is 12.7 Å². The third kappa shape index (κ3) is 3.53. The smallest absolute Gasteiger partial charge is 0.337 e. The second-order valence-corrected chi connectivity index (χ2v) is 15.5. The van der Waals surface area contributed by atoms with E-state index in [4.69, 9.17) is 10.5 Å². The van der Waals surface area contributed by atoms with Crippen LogP contribution in [0.2, 0.25) is 0 Å². The van der Waals surface area contributed by atoms with Gasteiger partial charge in [-0.3, -0.25) is 0 Å². The van der Waals surface area contributed by atoms with Crippen LogP contribution >= 0.6 is 0 Å². The summed E-state index contributed by atoms with van der Waals surface area (Å²) in [4.78, 5) is 12.0. The van der Waals surface area contributed by atoms with Crippen LogP contribution in [0.5, 0.6) is 0 Å². The van der Waals surface area contributed by atoms with Gasteiger partial charge in [-0.1, -0.05) is 58.9 Å². The molecule has 5 aliphatic carbocycles. The molecule has 1 aromatic carbocycles. The highest BCUT2D eigenvalue weighted by atomic mass is 16.5. The van der Waals surface area contributed by atoms with Gasteiger partial charge in [0, 0.05) is 5.54 Å². The van der Waals surface area contributed by atoms with Gasteiger partial charge >= 0.3 is 5.97 Å². The monoisotopic (exact) mass is 529 g/mol. The molecular weight excluding hydrogens is 478 g/mol. The van der Waals surface area contributed by atoms with E-state index >= 15 is 0 Å².